The van der Waals surface area contributed by atoms with E-state index in [-0.39, 0.29) is 6.04 Å². The van der Waals surface area contributed by atoms with Crippen LogP contribution in [0.1, 0.15) is 48.2 Å². The highest BCUT2D eigenvalue weighted by atomic mass is 32.1. The van der Waals surface area contributed by atoms with Gasteiger partial charge in [-0.05, 0) is 73.8 Å². The number of nitrogens with one attached hydrogen (secondary N) is 3. The van der Waals surface area contributed by atoms with Crippen molar-refractivity contribution in [3.63, 3.8) is 0 Å². The van der Waals surface area contributed by atoms with Crippen LogP contribution in [0.3, 0.4) is 0 Å². The van der Waals surface area contributed by atoms with E-state index in [2.05, 4.69) is 80.6 Å². The van der Waals surface area contributed by atoms with Gasteiger partial charge in [0, 0.05) is 41.6 Å². The fourth-order valence-corrected chi connectivity index (χ4v) is 6.28. The standard InChI is InChI=1S/C25H29N7S/c1-32(2)14-15-10-17(13-26-12-15)16-5-6-20-19(11-16)23(31-30-20)25-28-22-18(21-4-3-9-33-21)7-8-27-24(22)29-25/h3-4,7-10,12-13,16,19-20,23,30-31H,5-6,11,14H2,1-2H3,(H,27,28,29). The van der Waals surface area contributed by atoms with E-state index in [0.717, 1.165) is 36.4 Å². The number of hydrogen-bond donors (Lipinski definition) is 3. The van der Waals surface area contributed by atoms with Crippen molar-refractivity contribution in [2.45, 2.75) is 43.8 Å². The number of pyridine rings is 2. The van der Waals surface area contributed by atoms with E-state index in [1.54, 1.807) is 11.3 Å². The van der Waals surface area contributed by atoms with Crippen LogP contribution in [0.25, 0.3) is 21.6 Å². The molecule has 0 aromatic carbocycles. The second-order valence-corrected chi connectivity index (χ2v) is 10.5. The van der Waals surface area contributed by atoms with Crippen molar-refractivity contribution < 1.29 is 0 Å². The number of nitrogens with zero attached hydrogens (tertiary/aromatic N) is 4. The van der Waals surface area contributed by atoms with Crippen LogP contribution in [0, 0.1) is 5.92 Å². The molecule has 1 saturated carbocycles. The van der Waals surface area contributed by atoms with Gasteiger partial charge >= 0.3 is 0 Å². The Bertz CT molecular complexity index is 1250. The smallest absolute Gasteiger partial charge is 0.178 e. The Morgan fingerprint density at radius 2 is 2.09 bits per heavy atom. The topological polar surface area (TPSA) is 81.8 Å². The molecule has 1 aliphatic heterocycles. The molecule has 1 saturated heterocycles. The first-order valence-corrected chi connectivity index (χ1v) is 12.5. The lowest BCUT2D eigenvalue weighted by molar-refractivity contribution is 0.274. The fourth-order valence-electron chi connectivity index (χ4n) is 5.53. The molecule has 1 aliphatic carbocycles. The number of aromatic nitrogens is 4. The van der Waals surface area contributed by atoms with Gasteiger partial charge in [0.1, 0.15) is 5.82 Å². The van der Waals surface area contributed by atoms with Crippen molar-refractivity contribution in [3.8, 4) is 10.4 Å². The van der Waals surface area contributed by atoms with Gasteiger partial charge in [-0.3, -0.25) is 10.4 Å². The molecule has 0 amide bonds. The van der Waals surface area contributed by atoms with Gasteiger partial charge in [-0.15, -0.1) is 11.3 Å². The molecule has 5 heterocycles. The summed E-state index contributed by atoms with van der Waals surface area (Å²) in [4.78, 5) is 21.1. The lowest BCUT2D eigenvalue weighted by atomic mass is 9.73. The van der Waals surface area contributed by atoms with Crippen LogP contribution < -0.4 is 10.9 Å². The molecule has 0 bridgehead atoms. The van der Waals surface area contributed by atoms with Gasteiger partial charge in [-0.2, -0.15) is 0 Å². The molecule has 0 spiro atoms. The summed E-state index contributed by atoms with van der Waals surface area (Å²) in [5.41, 5.74) is 12.7. The number of rotatable bonds is 5. The minimum absolute atomic E-state index is 0.140. The zero-order chi connectivity index (χ0) is 22.4. The molecule has 4 atom stereocenters. The van der Waals surface area contributed by atoms with E-state index in [1.807, 2.05) is 12.4 Å². The molecule has 170 valence electrons. The third-order valence-corrected chi connectivity index (χ3v) is 7.93. The quantitative estimate of drug-likeness (QED) is 0.414. The highest BCUT2D eigenvalue weighted by Crippen LogP contribution is 2.44. The predicted octanol–water partition coefficient (Wildman–Crippen LogP) is 4.24. The van der Waals surface area contributed by atoms with Crippen LogP contribution in [0.15, 0.2) is 48.2 Å². The van der Waals surface area contributed by atoms with E-state index >= 15 is 0 Å². The van der Waals surface area contributed by atoms with Crippen molar-refractivity contribution in [2.24, 2.45) is 5.92 Å². The summed E-state index contributed by atoms with van der Waals surface area (Å²) in [5.74, 6) is 1.96. The van der Waals surface area contributed by atoms with Gasteiger partial charge in [0.05, 0.1) is 11.6 Å². The first-order valence-electron chi connectivity index (χ1n) is 11.6. The van der Waals surface area contributed by atoms with Crippen LogP contribution in [-0.4, -0.2) is 45.0 Å². The largest absolute Gasteiger partial charge is 0.339 e. The highest BCUT2D eigenvalue weighted by molar-refractivity contribution is 7.13. The fraction of sp³-hybridized carbons (Fsp3) is 0.400. The minimum Gasteiger partial charge on any atom is -0.339 e. The summed E-state index contributed by atoms with van der Waals surface area (Å²) in [5, 5.41) is 2.11. The Kier molecular flexibility index (Phi) is 5.46. The second-order valence-electron chi connectivity index (χ2n) is 9.57. The van der Waals surface area contributed by atoms with Crippen LogP contribution in [-0.2, 0) is 6.54 Å². The molecular formula is C25H29N7S. The van der Waals surface area contributed by atoms with Crippen molar-refractivity contribution in [2.75, 3.05) is 14.1 Å². The Balaban J connectivity index is 1.28. The molecule has 3 N–H and O–H groups in total. The average Bonchev–Trinajstić information content (AvgIpc) is 3.57. The molecule has 8 heteroatoms. The first-order chi connectivity index (χ1) is 16.2. The number of H-pyrrole nitrogens is 1. The monoisotopic (exact) mass is 459 g/mol. The summed E-state index contributed by atoms with van der Waals surface area (Å²) >= 11 is 1.74. The minimum atomic E-state index is 0.140. The summed E-state index contributed by atoms with van der Waals surface area (Å²) in [6.07, 6.45) is 9.35. The molecule has 2 fully saturated rings. The molecule has 4 unspecified atom stereocenters. The molecule has 4 aromatic rings. The van der Waals surface area contributed by atoms with Crippen LogP contribution in [0.5, 0.6) is 0 Å². The lowest BCUT2D eigenvalue weighted by Gasteiger charge is -2.33. The number of aromatic amines is 1. The van der Waals surface area contributed by atoms with E-state index in [4.69, 9.17) is 4.98 Å². The SMILES string of the molecule is CN(C)Cc1cncc(C2CCC3NNC(c4nc5nccc(-c6cccs6)c5[nH]4)C3C2)c1. The van der Waals surface area contributed by atoms with Gasteiger partial charge < -0.3 is 9.88 Å². The van der Waals surface area contributed by atoms with Crippen molar-refractivity contribution in [3.05, 3.63) is 65.2 Å². The number of thiophene rings is 1. The molecule has 0 radical (unpaired) electrons. The summed E-state index contributed by atoms with van der Waals surface area (Å²) in [7, 11) is 4.20. The third kappa shape index (κ3) is 3.97. The molecule has 7 nitrogen and oxygen atoms in total. The molecular weight excluding hydrogens is 430 g/mol. The van der Waals surface area contributed by atoms with Gasteiger partial charge in [0.25, 0.3) is 0 Å². The maximum absolute atomic E-state index is 4.92. The van der Waals surface area contributed by atoms with E-state index in [9.17, 15) is 0 Å². The number of fused-ring (bicyclic) bond motifs is 2. The molecule has 4 aromatic heterocycles. The normalized spacial score (nSPS) is 25.1. The lowest BCUT2D eigenvalue weighted by Crippen LogP contribution is -2.34. The van der Waals surface area contributed by atoms with Crippen molar-refractivity contribution in [1.29, 1.82) is 0 Å². The molecule has 33 heavy (non-hydrogen) atoms. The predicted molar refractivity (Wildman–Crippen MR) is 132 cm³/mol. The molecule has 6 rings (SSSR count). The maximum atomic E-state index is 4.92. The Hall–Kier alpha value is -2.65. The Morgan fingerprint density at radius 1 is 1.15 bits per heavy atom. The van der Waals surface area contributed by atoms with Crippen LogP contribution in [0.4, 0.5) is 0 Å². The number of imidazole rings is 1. The summed E-state index contributed by atoms with van der Waals surface area (Å²) in [6.45, 7) is 0.921. The van der Waals surface area contributed by atoms with Crippen molar-refractivity contribution in [1.82, 2.24) is 35.7 Å². The van der Waals surface area contributed by atoms with E-state index in [0.29, 0.717) is 17.9 Å². The summed E-state index contributed by atoms with van der Waals surface area (Å²) < 4.78 is 0. The molecule has 2 aliphatic rings. The third-order valence-electron chi connectivity index (χ3n) is 7.03. The first kappa shape index (κ1) is 20.9. The maximum Gasteiger partial charge on any atom is 0.178 e. The van der Waals surface area contributed by atoms with Crippen LogP contribution >= 0.6 is 11.3 Å². The number of hydrogen-bond acceptors (Lipinski definition) is 7. The zero-order valence-corrected chi connectivity index (χ0v) is 19.8. The zero-order valence-electron chi connectivity index (χ0n) is 19.0. The van der Waals surface area contributed by atoms with E-state index < -0.39 is 0 Å². The van der Waals surface area contributed by atoms with E-state index in [1.165, 1.54) is 28.0 Å². The van der Waals surface area contributed by atoms with Gasteiger partial charge in [0.2, 0.25) is 0 Å². The Labute approximate surface area is 197 Å². The van der Waals surface area contributed by atoms with Crippen LogP contribution in [0.2, 0.25) is 0 Å². The van der Waals surface area contributed by atoms with Gasteiger partial charge in [-0.25, -0.2) is 15.4 Å². The van der Waals surface area contributed by atoms with Gasteiger partial charge in [0.15, 0.2) is 5.65 Å². The Morgan fingerprint density at radius 3 is 2.94 bits per heavy atom. The van der Waals surface area contributed by atoms with Crippen molar-refractivity contribution >= 4 is 22.5 Å². The average molecular weight is 460 g/mol. The van der Waals surface area contributed by atoms with Gasteiger partial charge in [-0.1, -0.05) is 12.1 Å². The highest BCUT2D eigenvalue weighted by Gasteiger charge is 2.42. The second kappa shape index (κ2) is 8.61. The summed E-state index contributed by atoms with van der Waals surface area (Å²) in [6, 6.07) is 9.25. The number of hydrazine groups is 1.